The van der Waals surface area contributed by atoms with Crippen molar-refractivity contribution >= 4 is 34.8 Å². The van der Waals surface area contributed by atoms with Crippen LogP contribution in [-0.4, -0.2) is 36.1 Å². The van der Waals surface area contributed by atoms with Gasteiger partial charge < -0.3 is 20.3 Å². The van der Waals surface area contributed by atoms with Gasteiger partial charge in [-0.15, -0.1) is 0 Å². The summed E-state index contributed by atoms with van der Waals surface area (Å²) in [7, 11) is 1.36. The summed E-state index contributed by atoms with van der Waals surface area (Å²) < 4.78 is 4.75. The molecule has 3 aromatic rings. The smallest absolute Gasteiger partial charge is 0.337 e. The standard InChI is InChI=1S/C22H25N5O2/c1-4-27(5-2)19-11-9-17(10-12-19)24-20-13-14-23-22(26-20)25-18-8-6-7-16(15-18)21(28)29-3/h6-15H,4-5H2,1-3H3,(H2,23,24,25,26). The molecule has 0 radical (unpaired) electrons. The first-order chi connectivity index (χ1) is 14.1. The van der Waals surface area contributed by atoms with Crippen LogP contribution in [0.4, 0.5) is 28.8 Å². The summed E-state index contributed by atoms with van der Waals surface area (Å²) in [5.74, 6) is 0.706. The average Bonchev–Trinajstić information content (AvgIpc) is 2.75. The zero-order chi connectivity index (χ0) is 20.6. The summed E-state index contributed by atoms with van der Waals surface area (Å²) in [4.78, 5) is 22.7. The number of nitrogens with one attached hydrogen (secondary N) is 2. The van der Waals surface area contributed by atoms with E-state index in [0.29, 0.717) is 23.0 Å². The molecule has 0 bridgehead atoms. The Hall–Kier alpha value is -3.61. The van der Waals surface area contributed by atoms with Crippen LogP contribution in [0.3, 0.4) is 0 Å². The Kier molecular flexibility index (Phi) is 6.63. The summed E-state index contributed by atoms with van der Waals surface area (Å²) >= 11 is 0. The van der Waals surface area contributed by atoms with E-state index in [9.17, 15) is 4.79 Å². The molecule has 0 amide bonds. The number of esters is 1. The molecule has 7 heteroatoms. The molecule has 2 N–H and O–H groups in total. The predicted molar refractivity (Wildman–Crippen MR) is 116 cm³/mol. The summed E-state index contributed by atoms with van der Waals surface area (Å²) in [5, 5.41) is 6.40. The largest absolute Gasteiger partial charge is 0.465 e. The predicted octanol–water partition coefficient (Wildman–Crippen LogP) is 4.60. The molecule has 0 atom stereocenters. The number of benzene rings is 2. The van der Waals surface area contributed by atoms with Crippen molar-refractivity contribution in [2.24, 2.45) is 0 Å². The van der Waals surface area contributed by atoms with Crippen molar-refractivity contribution in [2.45, 2.75) is 13.8 Å². The first-order valence-corrected chi connectivity index (χ1v) is 9.53. The molecule has 0 aliphatic carbocycles. The van der Waals surface area contributed by atoms with Crippen LogP contribution in [0, 0.1) is 0 Å². The van der Waals surface area contributed by atoms with Crippen LogP contribution in [0.15, 0.2) is 60.8 Å². The van der Waals surface area contributed by atoms with E-state index < -0.39 is 5.97 Å². The van der Waals surface area contributed by atoms with Crippen LogP contribution in [-0.2, 0) is 4.74 Å². The quantitative estimate of drug-likeness (QED) is 0.543. The molecule has 0 spiro atoms. The summed E-state index contributed by atoms with van der Waals surface area (Å²) in [5.41, 5.74) is 3.29. The number of methoxy groups -OCH3 is 1. The number of rotatable bonds is 8. The van der Waals surface area contributed by atoms with Crippen LogP contribution in [0.2, 0.25) is 0 Å². The molecule has 0 unspecified atom stereocenters. The fraction of sp³-hybridized carbons (Fsp3) is 0.227. The molecule has 150 valence electrons. The molecule has 0 aliphatic heterocycles. The second-order valence-electron chi connectivity index (χ2n) is 6.31. The van der Waals surface area contributed by atoms with E-state index in [1.165, 1.54) is 12.8 Å². The first-order valence-electron chi connectivity index (χ1n) is 9.53. The Balaban J connectivity index is 1.71. The van der Waals surface area contributed by atoms with Crippen LogP contribution in [0.25, 0.3) is 0 Å². The highest BCUT2D eigenvalue weighted by atomic mass is 16.5. The Morgan fingerprint density at radius 1 is 1.00 bits per heavy atom. The topological polar surface area (TPSA) is 79.4 Å². The van der Waals surface area contributed by atoms with Crippen molar-refractivity contribution in [3.63, 3.8) is 0 Å². The van der Waals surface area contributed by atoms with E-state index in [1.807, 2.05) is 18.2 Å². The molecule has 7 nitrogen and oxygen atoms in total. The van der Waals surface area contributed by atoms with Crippen LogP contribution < -0.4 is 15.5 Å². The van der Waals surface area contributed by atoms with E-state index >= 15 is 0 Å². The average molecular weight is 391 g/mol. The number of hydrogen-bond acceptors (Lipinski definition) is 7. The van der Waals surface area contributed by atoms with Crippen molar-refractivity contribution < 1.29 is 9.53 Å². The lowest BCUT2D eigenvalue weighted by Crippen LogP contribution is -2.21. The molecule has 2 aromatic carbocycles. The summed E-state index contributed by atoms with van der Waals surface area (Å²) in [6.07, 6.45) is 1.67. The van der Waals surface area contributed by atoms with Gasteiger partial charge >= 0.3 is 5.97 Å². The van der Waals surface area contributed by atoms with Gasteiger partial charge in [-0.2, -0.15) is 4.98 Å². The second-order valence-corrected chi connectivity index (χ2v) is 6.31. The van der Waals surface area contributed by atoms with E-state index in [4.69, 9.17) is 4.74 Å². The summed E-state index contributed by atoms with van der Waals surface area (Å²) in [6, 6.07) is 17.0. The molecule has 0 aliphatic rings. The molecule has 0 saturated carbocycles. The third-order valence-electron chi connectivity index (χ3n) is 4.46. The maximum absolute atomic E-state index is 11.7. The van der Waals surface area contributed by atoms with Gasteiger partial charge in [-0.3, -0.25) is 0 Å². The van der Waals surface area contributed by atoms with Gasteiger partial charge in [0.1, 0.15) is 5.82 Å². The number of nitrogens with zero attached hydrogens (tertiary/aromatic N) is 3. The maximum atomic E-state index is 11.7. The van der Waals surface area contributed by atoms with Crippen molar-refractivity contribution in [2.75, 3.05) is 35.7 Å². The third kappa shape index (κ3) is 5.22. The SMILES string of the molecule is CCN(CC)c1ccc(Nc2ccnc(Nc3cccc(C(=O)OC)c3)n2)cc1. The number of aromatic nitrogens is 2. The van der Waals surface area contributed by atoms with Crippen molar-refractivity contribution in [1.82, 2.24) is 9.97 Å². The fourth-order valence-electron chi connectivity index (χ4n) is 2.95. The van der Waals surface area contributed by atoms with Gasteiger partial charge in [-0.1, -0.05) is 6.07 Å². The van der Waals surface area contributed by atoms with Crippen LogP contribution >= 0.6 is 0 Å². The van der Waals surface area contributed by atoms with Gasteiger partial charge in [0.25, 0.3) is 0 Å². The summed E-state index contributed by atoms with van der Waals surface area (Å²) in [6.45, 7) is 6.24. The number of anilines is 5. The highest BCUT2D eigenvalue weighted by molar-refractivity contribution is 5.90. The monoisotopic (exact) mass is 391 g/mol. The highest BCUT2D eigenvalue weighted by Crippen LogP contribution is 2.21. The molecule has 1 aromatic heterocycles. The molecule has 0 saturated heterocycles. The fourth-order valence-corrected chi connectivity index (χ4v) is 2.95. The van der Waals surface area contributed by atoms with Gasteiger partial charge in [0.05, 0.1) is 12.7 Å². The Morgan fingerprint density at radius 3 is 2.45 bits per heavy atom. The normalized spacial score (nSPS) is 10.3. The Labute approximate surface area is 170 Å². The minimum Gasteiger partial charge on any atom is -0.465 e. The van der Waals surface area contributed by atoms with Crippen LogP contribution in [0.5, 0.6) is 0 Å². The number of hydrogen-bond donors (Lipinski definition) is 2. The van der Waals surface area contributed by atoms with Crippen molar-refractivity contribution in [3.05, 3.63) is 66.4 Å². The maximum Gasteiger partial charge on any atom is 0.337 e. The molecule has 0 fully saturated rings. The lowest BCUT2D eigenvalue weighted by atomic mass is 10.2. The second kappa shape index (κ2) is 9.54. The minimum atomic E-state index is -0.391. The molecular weight excluding hydrogens is 366 g/mol. The third-order valence-corrected chi connectivity index (χ3v) is 4.46. The van der Waals surface area contributed by atoms with Gasteiger partial charge in [0.2, 0.25) is 5.95 Å². The van der Waals surface area contributed by atoms with E-state index in [1.54, 1.807) is 30.5 Å². The zero-order valence-electron chi connectivity index (χ0n) is 16.8. The van der Waals surface area contributed by atoms with Crippen molar-refractivity contribution in [1.29, 1.82) is 0 Å². The number of carbonyl (C=O) groups excluding carboxylic acids is 1. The number of ether oxygens (including phenoxy) is 1. The van der Waals surface area contributed by atoms with E-state index in [-0.39, 0.29) is 0 Å². The highest BCUT2D eigenvalue weighted by Gasteiger charge is 2.07. The van der Waals surface area contributed by atoms with E-state index in [2.05, 4.69) is 51.5 Å². The Morgan fingerprint density at radius 2 is 1.76 bits per heavy atom. The lowest BCUT2D eigenvalue weighted by Gasteiger charge is -2.21. The Bertz CT molecular complexity index is 955. The molecule has 1 heterocycles. The molecule has 29 heavy (non-hydrogen) atoms. The molecular formula is C22H25N5O2. The first kappa shape index (κ1) is 20.1. The van der Waals surface area contributed by atoms with Gasteiger partial charge in [-0.05, 0) is 62.4 Å². The zero-order valence-corrected chi connectivity index (χ0v) is 16.8. The lowest BCUT2D eigenvalue weighted by molar-refractivity contribution is 0.0601. The van der Waals surface area contributed by atoms with Crippen molar-refractivity contribution in [3.8, 4) is 0 Å². The van der Waals surface area contributed by atoms with Crippen LogP contribution in [0.1, 0.15) is 24.2 Å². The minimum absolute atomic E-state index is 0.391. The molecule has 3 rings (SSSR count). The number of carbonyl (C=O) groups is 1. The van der Waals surface area contributed by atoms with Gasteiger partial charge in [0, 0.05) is 36.3 Å². The van der Waals surface area contributed by atoms with Gasteiger partial charge in [0.15, 0.2) is 0 Å². The van der Waals surface area contributed by atoms with E-state index in [0.717, 1.165) is 18.8 Å². The van der Waals surface area contributed by atoms with Gasteiger partial charge in [-0.25, -0.2) is 9.78 Å².